The van der Waals surface area contributed by atoms with E-state index in [1.54, 1.807) is 0 Å². The van der Waals surface area contributed by atoms with E-state index in [-0.39, 0.29) is 0 Å². The molecule has 0 amide bonds. The van der Waals surface area contributed by atoms with Crippen LogP contribution >= 0.6 is 0 Å². The normalized spacial score (nSPS) is 16.2. The molecule has 0 bridgehead atoms. The molecule has 106 valence electrons. The Labute approximate surface area is 131 Å². The maximum absolute atomic E-state index is 2.36. The van der Waals surface area contributed by atoms with Crippen molar-refractivity contribution in [2.75, 3.05) is 0 Å². The molecule has 1 aliphatic rings. The highest BCUT2D eigenvalue weighted by Crippen LogP contribution is 2.43. The standard InChI is InChI=1S/C22H18/c1-3-9-17(10-4-1)15-22-20-14-8-7-13-19(20)16-21(22)18-11-5-2-6-12-18/h1-14,16,22H,15H2. The van der Waals surface area contributed by atoms with E-state index in [9.17, 15) is 0 Å². The fraction of sp³-hybridized carbons (Fsp3) is 0.0909. The van der Waals surface area contributed by atoms with Gasteiger partial charge in [0.05, 0.1) is 0 Å². The molecule has 0 fully saturated rings. The zero-order valence-electron chi connectivity index (χ0n) is 12.4. The van der Waals surface area contributed by atoms with E-state index in [1.807, 2.05) is 0 Å². The van der Waals surface area contributed by atoms with Crippen molar-refractivity contribution in [3.8, 4) is 0 Å². The summed E-state index contributed by atoms with van der Waals surface area (Å²) in [4.78, 5) is 0. The van der Waals surface area contributed by atoms with Crippen molar-refractivity contribution in [2.24, 2.45) is 0 Å². The number of hydrogen-bond acceptors (Lipinski definition) is 0. The van der Waals surface area contributed by atoms with Crippen molar-refractivity contribution in [3.05, 3.63) is 107 Å². The van der Waals surface area contributed by atoms with Crippen molar-refractivity contribution in [3.63, 3.8) is 0 Å². The maximum atomic E-state index is 2.36. The SMILES string of the molecule is C1=C(c2ccccc2)C(Cc2ccccc2)c2ccccc21. The second kappa shape index (κ2) is 5.65. The average Bonchev–Trinajstić information content (AvgIpc) is 2.95. The highest BCUT2D eigenvalue weighted by molar-refractivity contribution is 5.91. The molecule has 0 radical (unpaired) electrons. The van der Waals surface area contributed by atoms with Crippen molar-refractivity contribution in [1.29, 1.82) is 0 Å². The van der Waals surface area contributed by atoms with Crippen LogP contribution in [0, 0.1) is 0 Å². The van der Waals surface area contributed by atoms with Gasteiger partial charge in [0.2, 0.25) is 0 Å². The molecule has 0 spiro atoms. The molecule has 22 heavy (non-hydrogen) atoms. The molecule has 0 N–H and O–H groups in total. The van der Waals surface area contributed by atoms with Crippen LogP contribution in [0.15, 0.2) is 84.9 Å². The van der Waals surface area contributed by atoms with Gasteiger partial charge in [0.1, 0.15) is 0 Å². The molecule has 0 aromatic heterocycles. The summed E-state index contributed by atoms with van der Waals surface area (Å²) in [6.45, 7) is 0. The third-order valence-corrected chi connectivity index (χ3v) is 4.45. The Morgan fingerprint density at radius 1 is 0.636 bits per heavy atom. The van der Waals surface area contributed by atoms with Crippen LogP contribution in [0.2, 0.25) is 0 Å². The Bertz CT molecular complexity index is 798. The zero-order chi connectivity index (χ0) is 14.8. The van der Waals surface area contributed by atoms with E-state index in [1.165, 1.54) is 27.8 Å². The average molecular weight is 282 g/mol. The van der Waals surface area contributed by atoms with Gasteiger partial charge in [-0.1, -0.05) is 91.0 Å². The van der Waals surface area contributed by atoms with Crippen LogP contribution in [0.5, 0.6) is 0 Å². The smallest absolute Gasteiger partial charge is 0.0142 e. The molecule has 3 aromatic rings. The summed E-state index contributed by atoms with van der Waals surface area (Å²) < 4.78 is 0. The quantitative estimate of drug-likeness (QED) is 0.589. The van der Waals surface area contributed by atoms with Crippen molar-refractivity contribution in [1.82, 2.24) is 0 Å². The number of rotatable bonds is 3. The van der Waals surface area contributed by atoms with Crippen molar-refractivity contribution >= 4 is 11.6 Å². The van der Waals surface area contributed by atoms with Gasteiger partial charge >= 0.3 is 0 Å². The molecule has 0 nitrogen and oxygen atoms in total. The summed E-state index contributed by atoms with van der Waals surface area (Å²) in [6, 6.07) is 30.3. The third-order valence-electron chi connectivity index (χ3n) is 4.45. The van der Waals surface area contributed by atoms with Crippen molar-refractivity contribution in [2.45, 2.75) is 12.3 Å². The van der Waals surface area contributed by atoms with E-state index >= 15 is 0 Å². The highest BCUT2D eigenvalue weighted by atomic mass is 14.3. The molecule has 0 saturated heterocycles. The fourth-order valence-corrected chi connectivity index (χ4v) is 3.38. The molecule has 0 saturated carbocycles. The van der Waals surface area contributed by atoms with Crippen LogP contribution in [0.1, 0.15) is 28.2 Å². The minimum atomic E-state index is 0.445. The fourth-order valence-electron chi connectivity index (χ4n) is 3.38. The van der Waals surface area contributed by atoms with Gasteiger partial charge in [-0.2, -0.15) is 0 Å². The maximum Gasteiger partial charge on any atom is 0.0142 e. The minimum absolute atomic E-state index is 0.445. The first-order valence-electron chi connectivity index (χ1n) is 7.82. The van der Waals surface area contributed by atoms with Crippen LogP contribution in [0.4, 0.5) is 0 Å². The van der Waals surface area contributed by atoms with E-state index in [0.717, 1.165) is 6.42 Å². The molecule has 3 aromatic carbocycles. The first-order chi connectivity index (χ1) is 10.9. The van der Waals surface area contributed by atoms with E-state index in [2.05, 4.69) is 91.0 Å². The molecular formula is C22H18. The minimum Gasteiger partial charge on any atom is -0.0622 e. The Hall–Kier alpha value is -2.60. The highest BCUT2D eigenvalue weighted by Gasteiger charge is 2.25. The topological polar surface area (TPSA) is 0 Å². The van der Waals surface area contributed by atoms with Gasteiger partial charge in [0.15, 0.2) is 0 Å². The molecule has 1 unspecified atom stereocenters. The number of allylic oxidation sites excluding steroid dienone is 1. The Kier molecular flexibility index (Phi) is 3.36. The molecule has 1 atom stereocenters. The van der Waals surface area contributed by atoms with Crippen LogP contribution in [-0.2, 0) is 6.42 Å². The molecule has 0 heterocycles. The van der Waals surface area contributed by atoms with Crippen LogP contribution in [0.25, 0.3) is 11.6 Å². The predicted octanol–water partition coefficient (Wildman–Crippen LogP) is 5.57. The zero-order valence-corrected chi connectivity index (χ0v) is 12.4. The van der Waals surface area contributed by atoms with Gasteiger partial charge in [0.25, 0.3) is 0 Å². The molecule has 0 aliphatic heterocycles. The van der Waals surface area contributed by atoms with Crippen molar-refractivity contribution < 1.29 is 0 Å². The molecule has 4 rings (SSSR count). The number of hydrogen-bond donors (Lipinski definition) is 0. The summed E-state index contributed by atoms with van der Waals surface area (Å²) in [5, 5.41) is 0. The van der Waals surface area contributed by atoms with Gasteiger partial charge in [-0.3, -0.25) is 0 Å². The third kappa shape index (κ3) is 2.37. The second-order valence-electron chi connectivity index (χ2n) is 5.84. The van der Waals surface area contributed by atoms with Gasteiger partial charge in [-0.05, 0) is 34.2 Å². The lowest BCUT2D eigenvalue weighted by Gasteiger charge is -2.17. The van der Waals surface area contributed by atoms with Gasteiger partial charge in [-0.15, -0.1) is 0 Å². The van der Waals surface area contributed by atoms with Crippen LogP contribution < -0.4 is 0 Å². The Morgan fingerprint density at radius 3 is 2.05 bits per heavy atom. The van der Waals surface area contributed by atoms with Crippen LogP contribution in [-0.4, -0.2) is 0 Å². The summed E-state index contributed by atoms with van der Waals surface area (Å²) >= 11 is 0. The summed E-state index contributed by atoms with van der Waals surface area (Å²) in [5.41, 5.74) is 6.98. The largest absolute Gasteiger partial charge is 0.0622 e. The Morgan fingerprint density at radius 2 is 1.27 bits per heavy atom. The molecule has 1 aliphatic carbocycles. The monoisotopic (exact) mass is 282 g/mol. The lowest BCUT2D eigenvalue weighted by Crippen LogP contribution is -2.03. The number of fused-ring (bicyclic) bond motifs is 1. The summed E-state index contributed by atoms with van der Waals surface area (Å²) in [5.74, 6) is 0.445. The Balaban J connectivity index is 1.77. The molecule has 0 heteroatoms. The summed E-state index contributed by atoms with van der Waals surface area (Å²) in [7, 11) is 0. The number of benzene rings is 3. The van der Waals surface area contributed by atoms with Gasteiger partial charge in [-0.25, -0.2) is 0 Å². The predicted molar refractivity (Wildman–Crippen MR) is 93.6 cm³/mol. The van der Waals surface area contributed by atoms with Gasteiger partial charge in [0, 0.05) is 5.92 Å². The van der Waals surface area contributed by atoms with E-state index < -0.39 is 0 Å². The van der Waals surface area contributed by atoms with E-state index in [4.69, 9.17) is 0 Å². The second-order valence-corrected chi connectivity index (χ2v) is 5.84. The summed E-state index contributed by atoms with van der Waals surface area (Å²) in [6.07, 6.45) is 3.41. The van der Waals surface area contributed by atoms with Gasteiger partial charge < -0.3 is 0 Å². The lowest BCUT2D eigenvalue weighted by atomic mass is 9.86. The lowest BCUT2D eigenvalue weighted by molar-refractivity contribution is 0.866. The van der Waals surface area contributed by atoms with Crippen LogP contribution in [0.3, 0.4) is 0 Å². The molecular weight excluding hydrogens is 264 g/mol. The van der Waals surface area contributed by atoms with E-state index in [0.29, 0.717) is 5.92 Å². The first-order valence-corrected chi connectivity index (χ1v) is 7.82. The first kappa shape index (κ1) is 13.1.